The van der Waals surface area contributed by atoms with Crippen LogP contribution >= 0.6 is 0 Å². The second-order valence-electron chi connectivity index (χ2n) is 4.19. The molecular weight excluding hydrogens is 224 g/mol. The highest BCUT2D eigenvalue weighted by Gasteiger charge is 2.57. The highest BCUT2D eigenvalue weighted by atomic mass is 16.5. The van der Waals surface area contributed by atoms with Crippen LogP contribution in [0.1, 0.15) is 31.0 Å². The van der Waals surface area contributed by atoms with Crippen molar-refractivity contribution in [2.75, 3.05) is 20.8 Å². The van der Waals surface area contributed by atoms with Crippen molar-refractivity contribution in [2.45, 2.75) is 31.1 Å². The van der Waals surface area contributed by atoms with E-state index >= 15 is 0 Å². The Morgan fingerprint density at radius 3 is 2.82 bits per heavy atom. The third-order valence-electron chi connectivity index (χ3n) is 2.95. The lowest BCUT2D eigenvalue weighted by Gasteiger charge is -2.05. The topological polar surface area (TPSA) is 74.5 Å². The summed E-state index contributed by atoms with van der Waals surface area (Å²) in [5.41, 5.74) is -0.665. The molecule has 1 aromatic rings. The van der Waals surface area contributed by atoms with E-state index in [-0.39, 0.29) is 5.97 Å². The van der Waals surface area contributed by atoms with Gasteiger partial charge in [0.2, 0.25) is 5.89 Å². The predicted molar refractivity (Wildman–Crippen MR) is 57.4 cm³/mol. The SMILES string of the molecule is COCCCc1noc(C2(C(=O)OC)CC2)n1. The van der Waals surface area contributed by atoms with E-state index in [0.29, 0.717) is 24.7 Å². The number of rotatable bonds is 6. The van der Waals surface area contributed by atoms with E-state index in [1.807, 2.05) is 0 Å². The Labute approximate surface area is 99.3 Å². The Morgan fingerprint density at radius 1 is 1.47 bits per heavy atom. The largest absolute Gasteiger partial charge is 0.468 e. The standard InChI is InChI=1S/C11H16N2O4/c1-15-7-3-4-8-12-9(17-13-8)11(5-6-11)10(14)16-2/h3-7H2,1-2H3. The molecule has 17 heavy (non-hydrogen) atoms. The quantitative estimate of drug-likeness (QED) is 0.542. The van der Waals surface area contributed by atoms with Gasteiger partial charge in [-0.1, -0.05) is 5.16 Å². The van der Waals surface area contributed by atoms with Crippen molar-refractivity contribution in [3.05, 3.63) is 11.7 Å². The van der Waals surface area contributed by atoms with Gasteiger partial charge in [-0.15, -0.1) is 0 Å². The number of hydrogen-bond acceptors (Lipinski definition) is 6. The van der Waals surface area contributed by atoms with Crippen LogP contribution in [0, 0.1) is 0 Å². The zero-order chi connectivity index (χ0) is 12.3. The minimum Gasteiger partial charge on any atom is -0.468 e. The molecule has 0 bridgehead atoms. The number of methoxy groups -OCH3 is 2. The van der Waals surface area contributed by atoms with Gasteiger partial charge in [-0.3, -0.25) is 4.79 Å². The summed E-state index contributed by atoms with van der Waals surface area (Å²) in [6.07, 6.45) is 2.97. The number of aryl methyl sites for hydroxylation is 1. The van der Waals surface area contributed by atoms with Crippen molar-refractivity contribution in [1.29, 1.82) is 0 Å². The van der Waals surface area contributed by atoms with Crippen LogP contribution in [-0.2, 0) is 26.1 Å². The number of esters is 1. The van der Waals surface area contributed by atoms with Crippen LogP contribution in [0.5, 0.6) is 0 Å². The van der Waals surface area contributed by atoms with Gasteiger partial charge in [0.25, 0.3) is 0 Å². The average molecular weight is 240 g/mol. The van der Waals surface area contributed by atoms with E-state index in [1.165, 1.54) is 7.11 Å². The van der Waals surface area contributed by atoms with Crippen LogP contribution in [0.4, 0.5) is 0 Å². The van der Waals surface area contributed by atoms with Gasteiger partial charge in [0, 0.05) is 20.1 Å². The van der Waals surface area contributed by atoms with E-state index in [9.17, 15) is 4.79 Å². The summed E-state index contributed by atoms with van der Waals surface area (Å²) in [5.74, 6) is 0.716. The molecule has 0 spiro atoms. The fourth-order valence-corrected chi connectivity index (χ4v) is 1.75. The molecule has 6 heteroatoms. The molecule has 0 aromatic carbocycles. The molecule has 0 aliphatic heterocycles. The molecule has 0 N–H and O–H groups in total. The zero-order valence-corrected chi connectivity index (χ0v) is 10.1. The number of ether oxygens (including phenoxy) is 2. The first-order valence-corrected chi connectivity index (χ1v) is 5.63. The number of carbonyl (C=O) groups excluding carboxylic acids is 1. The Hall–Kier alpha value is -1.43. The Balaban J connectivity index is 2.01. The highest BCUT2D eigenvalue weighted by molar-refractivity contribution is 5.85. The Morgan fingerprint density at radius 2 is 2.24 bits per heavy atom. The summed E-state index contributed by atoms with van der Waals surface area (Å²) >= 11 is 0. The fraction of sp³-hybridized carbons (Fsp3) is 0.727. The Bertz CT molecular complexity index is 398. The smallest absolute Gasteiger partial charge is 0.321 e. The third-order valence-corrected chi connectivity index (χ3v) is 2.95. The van der Waals surface area contributed by atoms with Crippen molar-refractivity contribution in [3.8, 4) is 0 Å². The van der Waals surface area contributed by atoms with E-state index in [2.05, 4.69) is 10.1 Å². The molecule has 94 valence electrons. The Kier molecular flexibility index (Phi) is 3.42. The number of nitrogens with zero attached hydrogens (tertiary/aromatic N) is 2. The summed E-state index contributed by atoms with van der Waals surface area (Å²) in [4.78, 5) is 15.8. The summed E-state index contributed by atoms with van der Waals surface area (Å²) in [6.45, 7) is 0.659. The van der Waals surface area contributed by atoms with Gasteiger partial charge < -0.3 is 14.0 Å². The molecule has 0 atom stereocenters. The first kappa shape index (κ1) is 12.0. The highest BCUT2D eigenvalue weighted by Crippen LogP contribution is 2.48. The van der Waals surface area contributed by atoms with Gasteiger partial charge in [-0.25, -0.2) is 0 Å². The van der Waals surface area contributed by atoms with Crippen LogP contribution in [-0.4, -0.2) is 36.9 Å². The van der Waals surface area contributed by atoms with Crippen molar-refractivity contribution >= 4 is 5.97 Å². The molecule has 6 nitrogen and oxygen atoms in total. The first-order valence-electron chi connectivity index (χ1n) is 5.63. The third kappa shape index (κ3) is 2.31. The van der Waals surface area contributed by atoms with Crippen LogP contribution in [0.25, 0.3) is 0 Å². The van der Waals surface area contributed by atoms with Crippen LogP contribution in [0.2, 0.25) is 0 Å². The first-order chi connectivity index (χ1) is 8.23. The van der Waals surface area contributed by atoms with Crippen LogP contribution in [0.15, 0.2) is 4.52 Å². The lowest BCUT2D eigenvalue weighted by molar-refractivity contribution is -0.144. The maximum atomic E-state index is 11.6. The maximum absolute atomic E-state index is 11.6. The second-order valence-corrected chi connectivity index (χ2v) is 4.19. The second kappa shape index (κ2) is 4.83. The molecule has 2 rings (SSSR count). The normalized spacial score (nSPS) is 16.8. The lowest BCUT2D eigenvalue weighted by atomic mass is 10.1. The molecule has 1 aromatic heterocycles. The number of hydrogen-bond donors (Lipinski definition) is 0. The zero-order valence-electron chi connectivity index (χ0n) is 10.1. The van der Waals surface area contributed by atoms with Crippen LogP contribution < -0.4 is 0 Å². The van der Waals surface area contributed by atoms with E-state index in [4.69, 9.17) is 14.0 Å². The molecule has 0 saturated heterocycles. The lowest BCUT2D eigenvalue weighted by Crippen LogP contribution is -2.22. The summed E-state index contributed by atoms with van der Waals surface area (Å²) in [7, 11) is 3.02. The fourth-order valence-electron chi connectivity index (χ4n) is 1.75. The summed E-state index contributed by atoms with van der Waals surface area (Å²) < 4.78 is 14.8. The molecule has 1 aliphatic rings. The van der Waals surface area contributed by atoms with Gasteiger partial charge in [-0.05, 0) is 19.3 Å². The number of aromatic nitrogens is 2. The number of carbonyl (C=O) groups is 1. The molecular formula is C11H16N2O4. The van der Waals surface area contributed by atoms with Gasteiger partial charge in [0.15, 0.2) is 5.82 Å². The van der Waals surface area contributed by atoms with Crippen LogP contribution in [0.3, 0.4) is 0 Å². The van der Waals surface area contributed by atoms with E-state index in [1.54, 1.807) is 7.11 Å². The molecule has 0 radical (unpaired) electrons. The maximum Gasteiger partial charge on any atom is 0.321 e. The van der Waals surface area contributed by atoms with Crippen molar-refractivity contribution in [2.24, 2.45) is 0 Å². The van der Waals surface area contributed by atoms with E-state index in [0.717, 1.165) is 19.3 Å². The summed E-state index contributed by atoms with van der Waals surface area (Å²) in [5, 5.41) is 3.86. The van der Waals surface area contributed by atoms with Crippen molar-refractivity contribution in [1.82, 2.24) is 10.1 Å². The summed E-state index contributed by atoms with van der Waals surface area (Å²) in [6, 6.07) is 0. The minimum atomic E-state index is -0.665. The monoisotopic (exact) mass is 240 g/mol. The minimum absolute atomic E-state index is 0.287. The van der Waals surface area contributed by atoms with Gasteiger partial charge in [0.1, 0.15) is 5.41 Å². The van der Waals surface area contributed by atoms with Crippen molar-refractivity contribution < 1.29 is 18.8 Å². The molecule has 1 saturated carbocycles. The van der Waals surface area contributed by atoms with Gasteiger partial charge in [0.05, 0.1) is 7.11 Å². The molecule has 1 fully saturated rings. The van der Waals surface area contributed by atoms with Gasteiger partial charge in [-0.2, -0.15) is 4.98 Å². The molecule has 1 heterocycles. The van der Waals surface area contributed by atoms with Gasteiger partial charge >= 0.3 is 5.97 Å². The predicted octanol–water partition coefficient (Wildman–Crippen LogP) is 0.853. The average Bonchev–Trinajstić information content (AvgIpc) is 3.03. The van der Waals surface area contributed by atoms with Crippen molar-refractivity contribution in [3.63, 3.8) is 0 Å². The molecule has 1 aliphatic carbocycles. The molecule has 0 amide bonds. The van der Waals surface area contributed by atoms with E-state index < -0.39 is 5.41 Å². The molecule has 0 unspecified atom stereocenters.